The number of hydrogen-bond acceptors (Lipinski definition) is 2. The van der Waals surface area contributed by atoms with E-state index >= 15 is 0 Å². The third-order valence-corrected chi connectivity index (χ3v) is 6.23. The van der Waals surface area contributed by atoms with Crippen molar-refractivity contribution in [1.29, 1.82) is 0 Å². The van der Waals surface area contributed by atoms with Crippen molar-refractivity contribution in [3.63, 3.8) is 0 Å². The van der Waals surface area contributed by atoms with E-state index in [9.17, 15) is 10.2 Å². The van der Waals surface area contributed by atoms with Crippen LogP contribution in [0.25, 0.3) is 0 Å². The minimum atomic E-state index is -0.0573. The van der Waals surface area contributed by atoms with Crippen LogP contribution in [0.5, 0.6) is 0 Å². The van der Waals surface area contributed by atoms with Crippen molar-refractivity contribution in [3.05, 3.63) is 0 Å². The fourth-order valence-corrected chi connectivity index (χ4v) is 5.18. The van der Waals surface area contributed by atoms with Crippen LogP contribution in [0.3, 0.4) is 0 Å². The molecule has 0 amide bonds. The minimum Gasteiger partial charge on any atom is -0.393 e. The molecule has 0 saturated heterocycles. The normalized spacial score (nSPS) is 54.9. The van der Waals surface area contributed by atoms with Gasteiger partial charge in [0.15, 0.2) is 0 Å². The number of fused-ring (bicyclic) bond motifs is 3. The van der Waals surface area contributed by atoms with Gasteiger partial charge in [0.1, 0.15) is 0 Å². The van der Waals surface area contributed by atoms with Gasteiger partial charge in [-0.05, 0) is 68.1 Å². The van der Waals surface area contributed by atoms with Crippen molar-refractivity contribution in [3.8, 4) is 0 Å². The third-order valence-electron chi connectivity index (χ3n) is 6.23. The zero-order valence-electron chi connectivity index (χ0n) is 10.9. The lowest BCUT2D eigenvalue weighted by atomic mass is 9.49. The molecule has 2 N–H and O–H groups in total. The van der Waals surface area contributed by atoms with E-state index in [0.717, 1.165) is 25.2 Å². The van der Waals surface area contributed by atoms with Gasteiger partial charge in [-0.15, -0.1) is 0 Å². The molecule has 3 saturated carbocycles. The van der Waals surface area contributed by atoms with Gasteiger partial charge in [-0.25, -0.2) is 0 Å². The lowest BCUT2D eigenvalue weighted by Crippen LogP contribution is -2.51. The highest BCUT2D eigenvalue weighted by molar-refractivity contribution is 5.02. The van der Waals surface area contributed by atoms with Gasteiger partial charge >= 0.3 is 0 Å². The molecule has 3 fully saturated rings. The molecular formula is C15H26O2. The lowest BCUT2D eigenvalue weighted by molar-refractivity contribution is -0.117. The maximum absolute atomic E-state index is 10.2. The monoisotopic (exact) mass is 238 g/mol. The Labute approximate surface area is 104 Å². The second-order valence-electron chi connectivity index (χ2n) is 6.98. The molecule has 2 nitrogen and oxygen atoms in total. The predicted octanol–water partition coefficient (Wildman–Crippen LogP) is 2.72. The van der Waals surface area contributed by atoms with Gasteiger partial charge in [0, 0.05) is 0 Å². The number of rotatable bonds is 0. The molecule has 2 heteroatoms. The van der Waals surface area contributed by atoms with Crippen LogP contribution in [0.1, 0.15) is 58.3 Å². The van der Waals surface area contributed by atoms with E-state index in [0.29, 0.717) is 17.3 Å². The summed E-state index contributed by atoms with van der Waals surface area (Å²) in [6.07, 6.45) is 9.01. The number of aliphatic hydroxyl groups excluding tert-OH is 2. The molecule has 0 bridgehead atoms. The highest BCUT2D eigenvalue weighted by Gasteiger charge is 2.52. The van der Waals surface area contributed by atoms with Crippen molar-refractivity contribution in [2.24, 2.45) is 23.2 Å². The summed E-state index contributed by atoms with van der Waals surface area (Å²) in [4.78, 5) is 0. The Morgan fingerprint density at radius 1 is 1.00 bits per heavy atom. The van der Waals surface area contributed by atoms with Crippen molar-refractivity contribution >= 4 is 0 Å². The summed E-state index contributed by atoms with van der Waals surface area (Å²) >= 11 is 0. The molecule has 0 aromatic carbocycles. The topological polar surface area (TPSA) is 40.5 Å². The van der Waals surface area contributed by atoms with Gasteiger partial charge in [0.05, 0.1) is 12.2 Å². The summed E-state index contributed by atoms with van der Waals surface area (Å²) in [5.74, 6) is 1.98. The zero-order chi connectivity index (χ0) is 12.0. The Kier molecular flexibility index (Phi) is 2.99. The van der Waals surface area contributed by atoms with E-state index in [4.69, 9.17) is 0 Å². The molecular weight excluding hydrogens is 212 g/mol. The van der Waals surface area contributed by atoms with Gasteiger partial charge in [0.25, 0.3) is 0 Å². The summed E-state index contributed by atoms with van der Waals surface area (Å²) in [5, 5.41) is 20.1. The van der Waals surface area contributed by atoms with Gasteiger partial charge in [0.2, 0.25) is 0 Å². The van der Waals surface area contributed by atoms with E-state index in [1.54, 1.807) is 0 Å². The summed E-state index contributed by atoms with van der Waals surface area (Å²) in [6.45, 7) is 2.44. The first-order valence-electron chi connectivity index (χ1n) is 7.47. The Bertz CT molecular complexity index is 291. The highest BCUT2D eigenvalue weighted by Crippen LogP contribution is 2.58. The predicted molar refractivity (Wildman–Crippen MR) is 67.5 cm³/mol. The Hall–Kier alpha value is -0.0800. The fraction of sp³-hybridized carbons (Fsp3) is 1.00. The first-order valence-corrected chi connectivity index (χ1v) is 7.47. The summed E-state index contributed by atoms with van der Waals surface area (Å²) < 4.78 is 0. The van der Waals surface area contributed by atoms with Crippen LogP contribution in [-0.4, -0.2) is 22.4 Å². The number of hydrogen-bond donors (Lipinski definition) is 2. The smallest absolute Gasteiger partial charge is 0.0571 e. The second kappa shape index (κ2) is 4.24. The standard InChI is InChI=1S/C15H26O2/c1-15-8-7-11(16)9-10(15)5-6-12-13(15)3-2-4-14(12)17/h10-14,16-17H,2-9H2,1H3/t10-,11-,12+,13-,14?,15-/m0/s1. The first kappa shape index (κ1) is 12.0. The summed E-state index contributed by atoms with van der Waals surface area (Å²) in [7, 11) is 0. The highest BCUT2D eigenvalue weighted by atomic mass is 16.3. The van der Waals surface area contributed by atoms with E-state index < -0.39 is 0 Å². The van der Waals surface area contributed by atoms with E-state index in [-0.39, 0.29) is 12.2 Å². The van der Waals surface area contributed by atoms with Crippen LogP contribution < -0.4 is 0 Å². The third kappa shape index (κ3) is 1.84. The summed E-state index contributed by atoms with van der Waals surface area (Å²) in [6, 6.07) is 0. The fourth-order valence-electron chi connectivity index (χ4n) is 5.18. The molecule has 98 valence electrons. The lowest BCUT2D eigenvalue weighted by Gasteiger charge is -2.57. The SMILES string of the molecule is C[C@]12CC[C@H](O)C[C@@H]1CC[C@H]1C(O)CCC[C@@H]12. The van der Waals surface area contributed by atoms with Gasteiger partial charge in [-0.1, -0.05) is 13.3 Å². The first-order chi connectivity index (χ1) is 8.11. The van der Waals surface area contributed by atoms with E-state index in [1.165, 1.54) is 32.1 Å². The zero-order valence-corrected chi connectivity index (χ0v) is 10.9. The average molecular weight is 238 g/mol. The maximum atomic E-state index is 10.2. The van der Waals surface area contributed by atoms with Crippen molar-refractivity contribution in [1.82, 2.24) is 0 Å². The quantitative estimate of drug-likeness (QED) is 0.681. The molecule has 3 rings (SSSR count). The molecule has 3 aliphatic carbocycles. The molecule has 17 heavy (non-hydrogen) atoms. The van der Waals surface area contributed by atoms with Crippen molar-refractivity contribution in [2.75, 3.05) is 0 Å². The van der Waals surface area contributed by atoms with Crippen LogP contribution in [0.2, 0.25) is 0 Å². The van der Waals surface area contributed by atoms with Crippen LogP contribution in [0.4, 0.5) is 0 Å². The minimum absolute atomic E-state index is 0.0432. The molecule has 6 atom stereocenters. The van der Waals surface area contributed by atoms with Crippen LogP contribution in [-0.2, 0) is 0 Å². The molecule has 1 unspecified atom stereocenters. The van der Waals surface area contributed by atoms with E-state index in [2.05, 4.69) is 6.92 Å². The summed E-state index contributed by atoms with van der Waals surface area (Å²) in [5.41, 5.74) is 0.406. The second-order valence-corrected chi connectivity index (χ2v) is 6.98. The average Bonchev–Trinajstić information content (AvgIpc) is 2.31. The molecule has 0 heterocycles. The van der Waals surface area contributed by atoms with Crippen LogP contribution in [0, 0.1) is 23.2 Å². The van der Waals surface area contributed by atoms with Crippen LogP contribution >= 0.6 is 0 Å². The van der Waals surface area contributed by atoms with Crippen LogP contribution in [0.15, 0.2) is 0 Å². The molecule has 0 radical (unpaired) electrons. The molecule has 0 spiro atoms. The van der Waals surface area contributed by atoms with Crippen molar-refractivity contribution < 1.29 is 10.2 Å². The Morgan fingerprint density at radius 2 is 1.82 bits per heavy atom. The van der Waals surface area contributed by atoms with Crippen molar-refractivity contribution in [2.45, 2.75) is 70.5 Å². The maximum Gasteiger partial charge on any atom is 0.0571 e. The number of aliphatic hydroxyl groups is 2. The molecule has 0 aromatic rings. The van der Waals surface area contributed by atoms with Gasteiger partial charge in [-0.3, -0.25) is 0 Å². The molecule has 0 aliphatic heterocycles. The van der Waals surface area contributed by atoms with E-state index in [1.807, 2.05) is 0 Å². The van der Waals surface area contributed by atoms with Gasteiger partial charge in [-0.2, -0.15) is 0 Å². The molecule has 3 aliphatic rings. The Morgan fingerprint density at radius 3 is 2.65 bits per heavy atom. The van der Waals surface area contributed by atoms with Gasteiger partial charge < -0.3 is 10.2 Å². The molecule has 0 aromatic heterocycles. The largest absolute Gasteiger partial charge is 0.393 e. The Balaban J connectivity index is 1.84.